The molecule has 0 unspecified atom stereocenters. The van der Waals surface area contributed by atoms with E-state index in [0.717, 1.165) is 0 Å². The third kappa shape index (κ3) is 2.97. The van der Waals surface area contributed by atoms with Crippen LogP contribution in [0.15, 0.2) is 30.5 Å². The van der Waals surface area contributed by atoms with Crippen LogP contribution in [0.25, 0.3) is 0 Å². The summed E-state index contributed by atoms with van der Waals surface area (Å²) in [5.41, 5.74) is 0.857. The van der Waals surface area contributed by atoms with E-state index in [1.807, 2.05) is 0 Å². The number of aryl methyl sites for hydroxylation is 2. The monoisotopic (exact) mass is 288 g/mol. The van der Waals surface area contributed by atoms with Crippen LogP contribution in [0, 0.1) is 24.0 Å². The van der Waals surface area contributed by atoms with Gasteiger partial charge in [0, 0.05) is 12.3 Å². The predicted molar refractivity (Wildman–Crippen MR) is 73.8 cm³/mol. The SMILES string of the molecule is Cc1cc(C)c(Oc2ncccc2C(=O)O)c([N+](=O)[O-])c1. The first-order valence-corrected chi connectivity index (χ1v) is 6.02. The van der Waals surface area contributed by atoms with Crippen LogP contribution in [0.3, 0.4) is 0 Å². The minimum atomic E-state index is -1.22. The fourth-order valence-electron chi connectivity index (χ4n) is 1.93. The van der Waals surface area contributed by atoms with Gasteiger partial charge in [-0.15, -0.1) is 0 Å². The zero-order valence-corrected chi connectivity index (χ0v) is 11.4. The topological polar surface area (TPSA) is 103 Å². The molecule has 0 saturated carbocycles. The van der Waals surface area contributed by atoms with Gasteiger partial charge in [-0.3, -0.25) is 10.1 Å². The van der Waals surface area contributed by atoms with E-state index in [1.165, 1.54) is 24.4 Å². The number of carboxylic acids is 1. The summed E-state index contributed by atoms with van der Waals surface area (Å²) in [6, 6.07) is 5.85. The van der Waals surface area contributed by atoms with Gasteiger partial charge in [0.15, 0.2) is 0 Å². The van der Waals surface area contributed by atoms with Crippen LogP contribution in [0.5, 0.6) is 11.6 Å². The number of hydrogen-bond donors (Lipinski definition) is 1. The van der Waals surface area contributed by atoms with Gasteiger partial charge in [0.25, 0.3) is 0 Å². The van der Waals surface area contributed by atoms with Crippen LogP contribution in [-0.4, -0.2) is 21.0 Å². The Hall–Kier alpha value is -2.96. The number of benzene rings is 1. The first kappa shape index (κ1) is 14.4. The quantitative estimate of drug-likeness (QED) is 0.685. The molecule has 0 aliphatic rings. The average Bonchev–Trinajstić information content (AvgIpc) is 2.41. The van der Waals surface area contributed by atoms with Crippen molar-refractivity contribution in [2.75, 3.05) is 0 Å². The van der Waals surface area contributed by atoms with Gasteiger partial charge >= 0.3 is 11.7 Å². The maximum atomic E-state index is 11.1. The van der Waals surface area contributed by atoms with Crippen LogP contribution in [0.4, 0.5) is 5.69 Å². The number of carbonyl (C=O) groups is 1. The number of rotatable bonds is 4. The Morgan fingerprint density at radius 1 is 1.38 bits per heavy atom. The van der Waals surface area contributed by atoms with Crippen molar-refractivity contribution in [1.82, 2.24) is 4.98 Å². The number of carboxylic acid groups (broad SMARTS) is 1. The van der Waals surface area contributed by atoms with Crippen molar-refractivity contribution in [3.63, 3.8) is 0 Å². The molecule has 2 aromatic rings. The molecule has 0 atom stereocenters. The second-order valence-corrected chi connectivity index (χ2v) is 4.45. The fourth-order valence-corrected chi connectivity index (χ4v) is 1.93. The summed E-state index contributed by atoms with van der Waals surface area (Å²) in [6.07, 6.45) is 1.36. The highest BCUT2D eigenvalue weighted by atomic mass is 16.6. The summed E-state index contributed by atoms with van der Waals surface area (Å²) < 4.78 is 5.42. The predicted octanol–water partition coefficient (Wildman–Crippen LogP) is 3.10. The molecular formula is C14H12N2O5. The fraction of sp³-hybridized carbons (Fsp3) is 0.143. The molecule has 2 rings (SSSR count). The molecule has 0 radical (unpaired) electrons. The molecule has 0 spiro atoms. The normalized spacial score (nSPS) is 10.2. The third-order valence-corrected chi connectivity index (χ3v) is 2.80. The van der Waals surface area contributed by atoms with Crippen molar-refractivity contribution in [2.24, 2.45) is 0 Å². The van der Waals surface area contributed by atoms with Crippen molar-refractivity contribution in [2.45, 2.75) is 13.8 Å². The molecular weight excluding hydrogens is 276 g/mol. The molecule has 0 bridgehead atoms. The van der Waals surface area contributed by atoms with Crippen molar-refractivity contribution < 1.29 is 19.6 Å². The van der Waals surface area contributed by atoms with Gasteiger partial charge in [-0.05, 0) is 37.1 Å². The van der Waals surface area contributed by atoms with Gasteiger partial charge in [-0.1, -0.05) is 6.07 Å². The van der Waals surface area contributed by atoms with Gasteiger partial charge in [0.1, 0.15) is 5.56 Å². The van der Waals surface area contributed by atoms with E-state index in [0.29, 0.717) is 11.1 Å². The second-order valence-electron chi connectivity index (χ2n) is 4.45. The van der Waals surface area contributed by atoms with Gasteiger partial charge in [0.2, 0.25) is 11.6 Å². The molecule has 1 N–H and O–H groups in total. The van der Waals surface area contributed by atoms with Gasteiger partial charge < -0.3 is 9.84 Å². The lowest BCUT2D eigenvalue weighted by Gasteiger charge is -2.10. The first-order chi connectivity index (χ1) is 9.90. The minimum Gasteiger partial charge on any atom is -0.477 e. The van der Waals surface area contributed by atoms with Crippen LogP contribution >= 0.6 is 0 Å². The van der Waals surface area contributed by atoms with Gasteiger partial charge in [0.05, 0.1) is 4.92 Å². The molecule has 7 heteroatoms. The maximum absolute atomic E-state index is 11.1. The molecule has 0 fully saturated rings. The van der Waals surface area contributed by atoms with Crippen molar-refractivity contribution in [3.8, 4) is 11.6 Å². The Labute approximate surface area is 120 Å². The summed E-state index contributed by atoms with van der Waals surface area (Å²) >= 11 is 0. The molecule has 108 valence electrons. The molecule has 1 aromatic heterocycles. The molecule has 0 aliphatic carbocycles. The molecule has 1 heterocycles. The van der Waals surface area contributed by atoms with Crippen molar-refractivity contribution >= 4 is 11.7 Å². The van der Waals surface area contributed by atoms with Crippen molar-refractivity contribution in [3.05, 3.63) is 57.3 Å². The lowest BCUT2D eigenvalue weighted by atomic mass is 10.1. The van der Waals surface area contributed by atoms with Crippen molar-refractivity contribution in [1.29, 1.82) is 0 Å². The highest BCUT2D eigenvalue weighted by Gasteiger charge is 2.22. The smallest absolute Gasteiger partial charge is 0.341 e. The molecule has 7 nitrogen and oxygen atoms in total. The third-order valence-electron chi connectivity index (χ3n) is 2.80. The molecule has 0 amide bonds. The molecule has 0 saturated heterocycles. The van der Waals surface area contributed by atoms with E-state index in [9.17, 15) is 14.9 Å². The Bertz CT molecular complexity index is 727. The molecule has 1 aromatic carbocycles. The van der Waals surface area contributed by atoms with Crippen LogP contribution in [-0.2, 0) is 0 Å². The number of nitrogens with zero attached hydrogens (tertiary/aromatic N) is 2. The van der Waals surface area contributed by atoms with E-state index >= 15 is 0 Å². The summed E-state index contributed by atoms with van der Waals surface area (Å²) in [6.45, 7) is 3.38. The lowest BCUT2D eigenvalue weighted by Crippen LogP contribution is -2.03. The van der Waals surface area contributed by atoms with Crippen LogP contribution in [0.2, 0.25) is 0 Å². The minimum absolute atomic E-state index is 0.00759. The van der Waals surface area contributed by atoms with Crippen LogP contribution in [0.1, 0.15) is 21.5 Å². The van der Waals surface area contributed by atoms with E-state index in [1.54, 1.807) is 19.9 Å². The van der Waals surface area contributed by atoms with Gasteiger partial charge in [-0.25, -0.2) is 9.78 Å². The second kappa shape index (κ2) is 5.58. The summed E-state index contributed by atoms with van der Waals surface area (Å²) in [5, 5.41) is 20.2. The number of nitro groups is 1. The average molecular weight is 288 g/mol. The van der Waals surface area contributed by atoms with E-state index in [2.05, 4.69) is 4.98 Å². The van der Waals surface area contributed by atoms with Gasteiger partial charge in [-0.2, -0.15) is 0 Å². The van der Waals surface area contributed by atoms with Crippen LogP contribution < -0.4 is 4.74 Å². The first-order valence-electron chi connectivity index (χ1n) is 6.02. The highest BCUT2D eigenvalue weighted by molar-refractivity contribution is 5.90. The van der Waals surface area contributed by atoms with E-state index < -0.39 is 10.9 Å². The number of pyridine rings is 1. The zero-order valence-electron chi connectivity index (χ0n) is 11.4. The molecule has 0 aliphatic heterocycles. The number of hydrogen-bond acceptors (Lipinski definition) is 5. The maximum Gasteiger partial charge on any atom is 0.341 e. The number of aromatic carboxylic acids is 1. The van der Waals surface area contributed by atoms with E-state index in [-0.39, 0.29) is 22.9 Å². The lowest BCUT2D eigenvalue weighted by molar-refractivity contribution is -0.385. The Morgan fingerprint density at radius 2 is 2.10 bits per heavy atom. The largest absolute Gasteiger partial charge is 0.477 e. The summed E-state index contributed by atoms with van der Waals surface area (Å²) in [5.74, 6) is -1.41. The Kier molecular flexibility index (Phi) is 3.84. The zero-order chi connectivity index (χ0) is 15.6. The summed E-state index contributed by atoms with van der Waals surface area (Å²) in [4.78, 5) is 25.5. The standard InChI is InChI=1S/C14H12N2O5/c1-8-6-9(2)12(11(7-8)16(19)20)21-13-10(14(17)18)4-3-5-15-13/h3-7H,1-2H3,(H,17,18). The van der Waals surface area contributed by atoms with E-state index in [4.69, 9.17) is 9.84 Å². The highest BCUT2D eigenvalue weighted by Crippen LogP contribution is 2.35. The Morgan fingerprint density at radius 3 is 2.71 bits per heavy atom. The number of aromatic nitrogens is 1. The summed E-state index contributed by atoms with van der Waals surface area (Å²) in [7, 11) is 0. The number of nitro benzene ring substituents is 1. The molecule has 21 heavy (non-hydrogen) atoms. The Balaban J connectivity index is 2.55. The number of ether oxygens (including phenoxy) is 1.